The molecule has 0 amide bonds. The minimum absolute atomic E-state index is 0.0588. The minimum atomic E-state index is -0.377. The summed E-state index contributed by atoms with van der Waals surface area (Å²) in [5.74, 6) is 0.485. The van der Waals surface area contributed by atoms with Gasteiger partial charge in [0.25, 0.3) is 0 Å². The Morgan fingerprint density at radius 3 is 2.62 bits per heavy atom. The van der Waals surface area contributed by atoms with E-state index in [2.05, 4.69) is 4.99 Å². The van der Waals surface area contributed by atoms with E-state index in [4.69, 9.17) is 9.15 Å². The number of aliphatic imine (C=N–C) groups is 1. The Labute approximate surface area is 167 Å². The highest BCUT2D eigenvalue weighted by atomic mass is 16.5. The van der Waals surface area contributed by atoms with Crippen LogP contribution >= 0.6 is 0 Å². The monoisotopic (exact) mass is 385 g/mol. The fourth-order valence-electron chi connectivity index (χ4n) is 3.05. The smallest absolute Gasteiger partial charge is 0.344 e. The van der Waals surface area contributed by atoms with Gasteiger partial charge < -0.3 is 14.3 Å². The average molecular weight is 385 g/mol. The van der Waals surface area contributed by atoms with Crippen LogP contribution < -0.4 is 10.4 Å². The van der Waals surface area contributed by atoms with E-state index in [0.717, 1.165) is 10.9 Å². The zero-order valence-electron chi connectivity index (χ0n) is 15.8. The highest BCUT2D eigenvalue weighted by Gasteiger charge is 2.08. The lowest BCUT2D eigenvalue weighted by Gasteiger charge is -2.07. The van der Waals surface area contributed by atoms with Crippen LogP contribution in [0.2, 0.25) is 0 Å². The van der Waals surface area contributed by atoms with Crippen molar-refractivity contribution < 1.29 is 14.3 Å². The number of phenolic OH excluding ortho intramolecular Hbond substituents is 1. The van der Waals surface area contributed by atoms with Crippen molar-refractivity contribution in [2.75, 3.05) is 6.61 Å². The van der Waals surface area contributed by atoms with Crippen molar-refractivity contribution in [3.05, 3.63) is 88.8 Å². The SMILES string of the molecule is CCOc1cccc(C=Nc2ccc(-c3cc4ccccc4oc3=O)cc2)c1O. The van der Waals surface area contributed by atoms with Crippen molar-refractivity contribution in [3.63, 3.8) is 0 Å². The van der Waals surface area contributed by atoms with Crippen molar-refractivity contribution in [2.45, 2.75) is 6.92 Å². The molecule has 4 rings (SSSR count). The lowest BCUT2D eigenvalue weighted by molar-refractivity contribution is 0.318. The van der Waals surface area contributed by atoms with Crippen LogP contribution in [-0.2, 0) is 0 Å². The molecule has 5 heteroatoms. The average Bonchev–Trinajstić information content (AvgIpc) is 2.74. The summed E-state index contributed by atoms with van der Waals surface area (Å²) in [6.45, 7) is 2.33. The number of ether oxygens (including phenoxy) is 1. The largest absolute Gasteiger partial charge is 0.504 e. The summed E-state index contributed by atoms with van der Waals surface area (Å²) in [4.78, 5) is 16.7. The number of aromatic hydroxyl groups is 1. The van der Waals surface area contributed by atoms with E-state index >= 15 is 0 Å². The van der Waals surface area contributed by atoms with Gasteiger partial charge in [0.2, 0.25) is 0 Å². The van der Waals surface area contributed by atoms with Crippen molar-refractivity contribution >= 4 is 22.9 Å². The molecule has 0 saturated heterocycles. The van der Waals surface area contributed by atoms with Gasteiger partial charge in [0.15, 0.2) is 11.5 Å². The molecule has 1 aromatic heterocycles. The molecule has 29 heavy (non-hydrogen) atoms. The van der Waals surface area contributed by atoms with Gasteiger partial charge in [-0.2, -0.15) is 0 Å². The molecule has 0 spiro atoms. The predicted octanol–water partition coefficient (Wildman–Crippen LogP) is 5.31. The molecule has 0 aliphatic rings. The zero-order chi connectivity index (χ0) is 20.2. The van der Waals surface area contributed by atoms with Crippen LogP contribution in [-0.4, -0.2) is 17.9 Å². The van der Waals surface area contributed by atoms with E-state index in [1.54, 1.807) is 30.5 Å². The number of phenols is 1. The number of nitrogens with zero attached hydrogens (tertiary/aromatic N) is 1. The third-order valence-corrected chi connectivity index (χ3v) is 4.50. The quantitative estimate of drug-likeness (QED) is 0.373. The van der Waals surface area contributed by atoms with E-state index in [9.17, 15) is 9.90 Å². The number of para-hydroxylation sites is 2. The fourth-order valence-corrected chi connectivity index (χ4v) is 3.05. The molecular weight excluding hydrogens is 366 g/mol. The second kappa shape index (κ2) is 8.02. The van der Waals surface area contributed by atoms with Crippen molar-refractivity contribution in [2.24, 2.45) is 4.99 Å². The maximum atomic E-state index is 12.3. The molecule has 144 valence electrons. The molecule has 0 atom stereocenters. The van der Waals surface area contributed by atoms with Crippen molar-refractivity contribution in [3.8, 4) is 22.6 Å². The van der Waals surface area contributed by atoms with Gasteiger partial charge in [0.05, 0.1) is 17.9 Å². The predicted molar refractivity (Wildman–Crippen MR) is 114 cm³/mol. The molecule has 0 radical (unpaired) electrons. The number of benzene rings is 3. The Kier molecular flexibility index (Phi) is 5.12. The maximum absolute atomic E-state index is 12.3. The zero-order valence-corrected chi connectivity index (χ0v) is 15.8. The van der Waals surface area contributed by atoms with Gasteiger partial charge in [-0.1, -0.05) is 36.4 Å². The topological polar surface area (TPSA) is 72.0 Å². The molecule has 0 bridgehead atoms. The molecule has 1 heterocycles. The van der Waals surface area contributed by atoms with Crippen LogP contribution in [0.15, 0.2) is 87.0 Å². The molecule has 0 fully saturated rings. The third kappa shape index (κ3) is 3.89. The van der Waals surface area contributed by atoms with Crippen LogP contribution in [0.4, 0.5) is 5.69 Å². The summed E-state index contributed by atoms with van der Waals surface area (Å²) in [5, 5.41) is 11.1. The second-order valence-electron chi connectivity index (χ2n) is 6.42. The maximum Gasteiger partial charge on any atom is 0.344 e. The van der Waals surface area contributed by atoms with Gasteiger partial charge in [-0.05, 0) is 48.9 Å². The summed E-state index contributed by atoms with van der Waals surface area (Å²) in [5.41, 5.74) is 2.70. The lowest BCUT2D eigenvalue weighted by atomic mass is 10.1. The van der Waals surface area contributed by atoms with E-state index in [1.807, 2.05) is 55.5 Å². The van der Waals surface area contributed by atoms with Crippen LogP contribution in [0.3, 0.4) is 0 Å². The minimum Gasteiger partial charge on any atom is -0.504 e. The number of fused-ring (bicyclic) bond motifs is 1. The molecule has 0 unspecified atom stereocenters. The normalized spacial score (nSPS) is 11.2. The van der Waals surface area contributed by atoms with Gasteiger partial charge in [0.1, 0.15) is 5.58 Å². The van der Waals surface area contributed by atoms with Gasteiger partial charge in [-0.25, -0.2) is 4.79 Å². The van der Waals surface area contributed by atoms with Crippen molar-refractivity contribution in [1.29, 1.82) is 0 Å². The first-order valence-electron chi connectivity index (χ1n) is 9.28. The summed E-state index contributed by atoms with van der Waals surface area (Å²) < 4.78 is 10.8. The van der Waals surface area contributed by atoms with E-state index in [0.29, 0.717) is 34.8 Å². The summed E-state index contributed by atoms with van der Waals surface area (Å²) in [6, 6.07) is 21.8. The fraction of sp³-hybridized carbons (Fsp3) is 0.0833. The molecule has 4 aromatic rings. The summed E-state index contributed by atoms with van der Waals surface area (Å²) in [6.07, 6.45) is 1.58. The van der Waals surface area contributed by atoms with Gasteiger partial charge in [0, 0.05) is 17.2 Å². The Morgan fingerprint density at radius 2 is 1.83 bits per heavy atom. The Balaban J connectivity index is 1.61. The summed E-state index contributed by atoms with van der Waals surface area (Å²) in [7, 11) is 0. The first-order chi connectivity index (χ1) is 14.2. The Hall–Kier alpha value is -3.86. The van der Waals surface area contributed by atoms with Crippen LogP contribution in [0.25, 0.3) is 22.1 Å². The molecule has 0 aliphatic carbocycles. The van der Waals surface area contributed by atoms with Crippen molar-refractivity contribution in [1.82, 2.24) is 0 Å². The van der Waals surface area contributed by atoms with E-state index < -0.39 is 0 Å². The standard InChI is InChI=1S/C24H19NO4/c1-2-28-22-9-5-7-18(23(22)26)15-25-19-12-10-16(11-13-19)20-14-17-6-3-4-8-21(17)29-24(20)27/h3-15,26H,2H2,1H3. The Morgan fingerprint density at radius 1 is 1.03 bits per heavy atom. The van der Waals surface area contributed by atoms with Gasteiger partial charge in [-0.15, -0.1) is 0 Å². The number of hydrogen-bond acceptors (Lipinski definition) is 5. The molecule has 0 saturated carbocycles. The highest BCUT2D eigenvalue weighted by molar-refractivity contribution is 5.87. The molecule has 5 nitrogen and oxygen atoms in total. The van der Waals surface area contributed by atoms with Crippen LogP contribution in [0, 0.1) is 0 Å². The number of hydrogen-bond donors (Lipinski definition) is 1. The molecule has 0 aliphatic heterocycles. The molecular formula is C24H19NO4. The third-order valence-electron chi connectivity index (χ3n) is 4.50. The first-order valence-corrected chi connectivity index (χ1v) is 9.28. The van der Waals surface area contributed by atoms with E-state index in [-0.39, 0.29) is 11.4 Å². The van der Waals surface area contributed by atoms with Gasteiger partial charge in [-0.3, -0.25) is 4.99 Å². The van der Waals surface area contributed by atoms with Crippen LogP contribution in [0.5, 0.6) is 11.5 Å². The Bertz CT molecular complexity index is 1240. The lowest BCUT2D eigenvalue weighted by Crippen LogP contribution is -2.02. The highest BCUT2D eigenvalue weighted by Crippen LogP contribution is 2.29. The summed E-state index contributed by atoms with van der Waals surface area (Å²) >= 11 is 0. The molecule has 1 N–H and O–H groups in total. The second-order valence-corrected chi connectivity index (χ2v) is 6.42. The van der Waals surface area contributed by atoms with E-state index in [1.165, 1.54) is 0 Å². The number of rotatable bonds is 5. The first kappa shape index (κ1) is 18.5. The molecule has 3 aromatic carbocycles. The van der Waals surface area contributed by atoms with Gasteiger partial charge >= 0.3 is 5.63 Å². The van der Waals surface area contributed by atoms with Crippen LogP contribution in [0.1, 0.15) is 12.5 Å².